The Labute approximate surface area is 176 Å². The third kappa shape index (κ3) is 4.61. The molecule has 0 spiro atoms. The molecule has 28 heavy (non-hydrogen) atoms. The Bertz CT molecular complexity index is 898. The minimum absolute atomic E-state index is 0.267. The van der Waals surface area contributed by atoms with Crippen LogP contribution in [0.5, 0.6) is 0 Å². The fourth-order valence-electron chi connectivity index (χ4n) is 4.12. The molecular weight excluding hydrogens is 384 g/mol. The first-order valence-corrected chi connectivity index (χ1v) is 11.0. The van der Waals surface area contributed by atoms with Crippen LogP contribution in [0.15, 0.2) is 88.7 Å². The van der Waals surface area contributed by atoms with E-state index in [2.05, 4.69) is 66.7 Å². The van der Waals surface area contributed by atoms with Gasteiger partial charge in [0.2, 0.25) is 0 Å². The summed E-state index contributed by atoms with van der Waals surface area (Å²) in [7, 11) is 0. The third-order valence-electron chi connectivity index (χ3n) is 5.43. The Kier molecular flexibility index (Phi) is 6.38. The summed E-state index contributed by atoms with van der Waals surface area (Å²) in [6.07, 6.45) is 3.38. The molecule has 3 aromatic carbocycles. The van der Waals surface area contributed by atoms with Crippen molar-refractivity contribution in [1.82, 2.24) is 5.01 Å². The molecule has 1 aliphatic heterocycles. The monoisotopic (exact) mass is 408 g/mol. The molecule has 4 heteroatoms. The first-order chi connectivity index (χ1) is 13.7. The van der Waals surface area contributed by atoms with Gasteiger partial charge in [0, 0.05) is 21.4 Å². The highest BCUT2D eigenvalue weighted by molar-refractivity contribution is 7.99. The topological polar surface area (TPSA) is 29.3 Å². The largest absolute Gasteiger partial charge is 0.268 e. The summed E-state index contributed by atoms with van der Waals surface area (Å²) in [5.41, 5.74) is 2.71. The molecule has 2 N–H and O–H groups in total. The highest BCUT2D eigenvalue weighted by Gasteiger charge is 2.31. The number of nitrogens with two attached hydrogens (primary N) is 1. The Hall–Kier alpha value is -1.78. The first-order valence-electron chi connectivity index (χ1n) is 9.78. The van der Waals surface area contributed by atoms with Crippen LogP contribution in [0.3, 0.4) is 0 Å². The van der Waals surface area contributed by atoms with Crippen molar-refractivity contribution in [3.8, 4) is 0 Å². The molecule has 1 aliphatic rings. The summed E-state index contributed by atoms with van der Waals surface area (Å²) in [6, 6.07) is 27.8. The molecule has 4 rings (SSSR count). The Morgan fingerprint density at radius 1 is 0.929 bits per heavy atom. The van der Waals surface area contributed by atoms with Crippen LogP contribution >= 0.6 is 23.4 Å². The molecule has 2 unspecified atom stereocenters. The van der Waals surface area contributed by atoms with Crippen molar-refractivity contribution in [2.75, 3.05) is 6.54 Å². The summed E-state index contributed by atoms with van der Waals surface area (Å²) in [5.74, 6) is 6.95. The lowest BCUT2D eigenvalue weighted by Crippen LogP contribution is -2.44. The fourth-order valence-corrected chi connectivity index (χ4v) is 5.20. The summed E-state index contributed by atoms with van der Waals surface area (Å²) in [5, 5.41) is 2.81. The van der Waals surface area contributed by atoms with Crippen LogP contribution in [-0.2, 0) is 6.42 Å². The van der Waals surface area contributed by atoms with Crippen molar-refractivity contribution in [2.45, 2.75) is 35.1 Å². The van der Waals surface area contributed by atoms with Gasteiger partial charge in [-0.1, -0.05) is 71.9 Å². The van der Waals surface area contributed by atoms with Gasteiger partial charge < -0.3 is 0 Å². The molecule has 0 amide bonds. The molecule has 144 valence electrons. The zero-order valence-corrected chi connectivity index (χ0v) is 17.4. The third-order valence-corrected chi connectivity index (χ3v) is 6.81. The second-order valence-electron chi connectivity index (χ2n) is 7.36. The SMILES string of the molecule is NN1CCCC(Cc2ccccc2Sc2ccc(Cl)cc2)C1c1ccccc1. The minimum atomic E-state index is 0.267. The van der Waals surface area contributed by atoms with E-state index in [9.17, 15) is 0 Å². The fraction of sp³-hybridized carbons (Fsp3) is 0.250. The van der Waals surface area contributed by atoms with E-state index in [0.717, 1.165) is 24.4 Å². The molecule has 0 aliphatic carbocycles. The van der Waals surface area contributed by atoms with Gasteiger partial charge in [-0.2, -0.15) is 0 Å². The van der Waals surface area contributed by atoms with E-state index >= 15 is 0 Å². The van der Waals surface area contributed by atoms with Crippen LogP contribution in [0.25, 0.3) is 0 Å². The van der Waals surface area contributed by atoms with Crippen molar-refractivity contribution in [3.05, 3.63) is 95.0 Å². The highest BCUT2D eigenvalue weighted by atomic mass is 35.5. The molecule has 2 atom stereocenters. The number of hydrogen-bond acceptors (Lipinski definition) is 3. The van der Waals surface area contributed by atoms with Crippen LogP contribution in [0, 0.1) is 5.92 Å². The molecule has 0 bridgehead atoms. The maximum Gasteiger partial charge on any atom is 0.0521 e. The molecule has 2 nitrogen and oxygen atoms in total. The van der Waals surface area contributed by atoms with Gasteiger partial charge in [-0.3, -0.25) is 5.84 Å². The van der Waals surface area contributed by atoms with Crippen molar-refractivity contribution in [2.24, 2.45) is 11.8 Å². The van der Waals surface area contributed by atoms with E-state index in [1.54, 1.807) is 11.8 Å². The maximum absolute atomic E-state index is 6.45. The maximum atomic E-state index is 6.45. The van der Waals surface area contributed by atoms with Crippen molar-refractivity contribution >= 4 is 23.4 Å². The number of hydrazine groups is 1. The smallest absolute Gasteiger partial charge is 0.0521 e. The predicted molar refractivity (Wildman–Crippen MR) is 119 cm³/mol. The molecule has 0 aromatic heterocycles. The van der Waals surface area contributed by atoms with Crippen molar-refractivity contribution in [3.63, 3.8) is 0 Å². The normalized spacial score (nSPS) is 20.2. The zero-order chi connectivity index (χ0) is 19.3. The average molecular weight is 409 g/mol. The highest BCUT2D eigenvalue weighted by Crippen LogP contribution is 2.39. The molecule has 1 heterocycles. The Morgan fingerprint density at radius 3 is 2.43 bits per heavy atom. The van der Waals surface area contributed by atoms with Gasteiger partial charge in [-0.25, -0.2) is 5.01 Å². The van der Waals surface area contributed by atoms with Crippen LogP contribution in [-0.4, -0.2) is 11.6 Å². The number of benzene rings is 3. The van der Waals surface area contributed by atoms with Gasteiger partial charge in [0.1, 0.15) is 0 Å². The lowest BCUT2D eigenvalue weighted by atomic mass is 9.81. The number of nitrogens with zero attached hydrogens (tertiary/aromatic N) is 1. The zero-order valence-electron chi connectivity index (χ0n) is 15.8. The quantitative estimate of drug-likeness (QED) is 0.498. The van der Waals surface area contributed by atoms with Crippen LogP contribution in [0.1, 0.15) is 30.0 Å². The van der Waals surface area contributed by atoms with Gasteiger partial charge in [-0.15, -0.1) is 0 Å². The molecule has 1 fully saturated rings. The van der Waals surface area contributed by atoms with Crippen LogP contribution < -0.4 is 5.84 Å². The average Bonchev–Trinajstić information content (AvgIpc) is 2.72. The molecule has 1 saturated heterocycles. The van der Waals surface area contributed by atoms with Gasteiger partial charge in [0.05, 0.1) is 6.04 Å². The van der Waals surface area contributed by atoms with Crippen LogP contribution in [0.4, 0.5) is 0 Å². The number of halogens is 1. The Balaban J connectivity index is 1.58. The van der Waals surface area contributed by atoms with Gasteiger partial charge in [-0.05, 0) is 66.6 Å². The lowest BCUT2D eigenvalue weighted by Gasteiger charge is -2.39. The predicted octanol–water partition coefficient (Wildman–Crippen LogP) is 6.36. The van der Waals surface area contributed by atoms with E-state index in [-0.39, 0.29) is 6.04 Å². The first kappa shape index (κ1) is 19.5. The molecule has 0 radical (unpaired) electrons. The van der Waals surface area contributed by atoms with E-state index in [4.69, 9.17) is 17.4 Å². The van der Waals surface area contributed by atoms with Crippen molar-refractivity contribution < 1.29 is 0 Å². The summed E-state index contributed by atoms with van der Waals surface area (Å²) >= 11 is 7.84. The number of hydrogen-bond donors (Lipinski definition) is 1. The van der Waals surface area contributed by atoms with Gasteiger partial charge in [0.25, 0.3) is 0 Å². The van der Waals surface area contributed by atoms with Gasteiger partial charge >= 0.3 is 0 Å². The standard InChI is InChI=1S/C24H25ClN2S/c25-21-12-14-22(15-13-21)28-23-11-5-4-9-19(23)17-20-10-6-16-27(26)24(20)18-7-2-1-3-8-18/h1-5,7-9,11-15,20,24H,6,10,16-17,26H2. The summed E-state index contributed by atoms with van der Waals surface area (Å²) < 4.78 is 0. The van der Waals surface area contributed by atoms with E-state index in [0.29, 0.717) is 5.92 Å². The molecule has 3 aromatic rings. The second-order valence-corrected chi connectivity index (χ2v) is 8.92. The number of rotatable bonds is 5. The Morgan fingerprint density at radius 2 is 1.64 bits per heavy atom. The van der Waals surface area contributed by atoms with Gasteiger partial charge in [0.15, 0.2) is 0 Å². The van der Waals surface area contributed by atoms with Crippen molar-refractivity contribution in [1.29, 1.82) is 0 Å². The second kappa shape index (κ2) is 9.15. The summed E-state index contributed by atoms with van der Waals surface area (Å²) in [4.78, 5) is 2.52. The van der Waals surface area contributed by atoms with E-state index in [1.807, 2.05) is 17.1 Å². The van der Waals surface area contributed by atoms with E-state index < -0.39 is 0 Å². The minimum Gasteiger partial charge on any atom is -0.268 e. The number of piperidine rings is 1. The summed E-state index contributed by atoms with van der Waals surface area (Å²) in [6.45, 7) is 0.956. The molecule has 0 saturated carbocycles. The lowest BCUT2D eigenvalue weighted by molar-refractivity contribution is 0.0923. The van der Waals surface area contributed by atoms with Crippen LogP contribution in [0.2, 0.25) is 5.02 Å². The van der Waals surface area contributed by atoms with E-state index in [1.165, 1.54) is 27.3 Å². The molecular formula is C24H25ClN2S.